The molecule has 3 rings (SSSR count). The van der Waals surface area contributed by atoms with Crippen LogP contribution in [0.25, 0.3) is 10.9 Å². The van der Waals surface area contributed by atoms with Crippen molar-refractivity contribution >= 4 is 10.9 Å². The van der Waals surface area contributed by atoms with Crippen LogP contribution in [-0.4, -0.2) is 11.0 Å². The molecule has 2 aromatic rings. The highest BCUT2D eigenvalue weighted by Gasteiger charge is 2.26. The maximum atomic E-state index is 4.57. The zero-order chi connectivity index (χ0) is 14.8. The standard InChI is InChI=1S/C19H26N2/c1-13-5-4-6-18(15(13)3)20-12-16-8-10-19-17(11-16)9-7-14(2)21-19/h7-11,13,15,18,20H,4-6,12H2,1-3H3. The van der Waals surface area contributed by atoms with Gasteiger partial charge in [0.2, 0.25) is 0 Å². The van der Waals surface area contributed by atoms with Crippen LogP contribution in [0, 0.1) is 18.8 Å². The molecule has 0 bridgehead atoms. The van der Waals surface area contributed by atoms with E-state index in [9.17, 15) is 0 Å². The molecule has 1 aromatic carbocycles. The van der Waals surface area contributed by atoms with E-state index in [4.69, 9.17) is 0 Å². The quantitative estimate of drug-likeness (QED) is 0.899. The van der Waals surface area contributed by atoms with E-state index >= 15 is 0 Å². The summed E-state index contributed by atoms with van der Waals surface area (Å²) in [5.41, 5.74) is 3.54. The van der Waals surface area contributed by atoms with Gasteiger partial charge in [0, 0.05) is 23.7 Å². The van der Waals surface area contributed by atoms with Gasteiger partial charge >= 0.3 is 0 Å². The van der Waals surface area contributed by atoms with Crippen molar-refractivity contribution in [2.24, 2.45) is 11.8 Å². The highest BCUT2D eigenvalue weighted by atomic mass is 14.9. The van der Waals surface area contributed by atoms with Gasteiger partial charge in [-0.2, -0.15) is 0 Å². The Hall–Kier alpha value is -1.41. The summed E-state index contributed by atoms with van der Waals surface area (Å²) in [7, 11) is 0. The lowest BCUT2D eigenvalue weighted by Gasteiger charge is -2.34. The van der Waals surface area contributed by atoms with Crippen molar-refractivity contribution < 1.29 is 0 Å². The summed E-state index contributed by atoms with van der Waals surface area (Å²) in [6.45, 7) is 7.79. The minimum Gasteiger partial charge on any atom is -0.310 e. The molecule has 2 nitrogen and oxygen atoms in total. The van der Waals surface area contributed by atoms with E-state index in [0.29, 0.717) is 6.04 Å². The van der Waals surface area contributed by atoms with Crippen molar-refractivity contribution in [3.63, 3.8) is 0 Å². The van der Waals surface area contributed by atoms with Gasteiger partial charge in [-0.15, -0.1) is 0 Å². The predicted octanol–water partition coefficient (Wildman–Crippen LogP) is 4.46. The molecular formula is C19H26N2. The molecular weight excluding hydrogens is 256 g/mol. The molecule has 0 radical (unpaired) electrons. The second kappa shape index (κ2) is 6.15. The third-order valence-electron chi connectivity index (χ3n) is 5.17. The van der Waals surface area contributed by atoms with Gasteiger partial charge in [0.15, 0.2) is 0 Å². The Bertz CT molecular complexity index is 620. The van der Waals surface area contributed by atoms with Crippen molar-refractivity contribution in [3.05, 3.63) is 41.6 Å². The normalized spacial score (nSPS) is 26.1. The Labute approximate surface area is 128 Å². The Morgan fingerprint density at radius 3 is 2.86 bits per heavy atom. The minimum atomic E-state index is 0.667. The van der Waals surface area contributed by atoms with E-state index in [1.165, 1.54) is 30.2 Å². The lowest BCUT2D eigenvalue weighted by Crippen LogP contribution is -2.40. The Balaban J connectivity index is 1.69. The first-order chi connectivity index (χ1) is 10.1. The molecule has 1 fully saturated rings. The maximum Gasteiger partial charge on any atom is 0.0705 e. The number of hydrogen-bond donors (Lipinski definition) is 1. The molecule has 0 spiro atoms. The molecule has 1 aliphatic rings. The smallest absolute Gasteiger partial charge is 0.0705 e. The van der Waals surface area contributed by atoms with Gasteiger partial charge < -0.3 is 5.32 Å². The van der Waals surface area contributed by atoms with Crippen LogP contribution >= 0.6 is 0 Å². The third kappa shape index (κ3) is 3.26. The molecule has 112 valence electrons. The number of rotatable bonds is 3. The van der Waals surface area contributed by atoms with Gasteiger partial charge in [0.25, 0.3) is 0 Å². The van der Waals surface area contributed by atoms with Crippen LogP contribution in [-0.2, 0) is 6.54 Å². The van der Waals surface area contributed by atoms with E-state index in [0.717, 1.165) is 29.6 Å². The fourth-order valence-electron chi connectivity index (χ4n) is 3.51. The minimum absolute atomic E-state index is 0.667. The van der Waals surface area contributed by atoms with Crippen LogP contribution in [0.5, 0.6) is 0 Å². The first-order valence-corrected chi connectivity index (χ1v) is 8.23. The molecule has 2 heteroatoms. The molecule has 3 atom stereocenters. The summed E-state index contributed by atoms with van der Waals surface area (Å²) >= 11 is 0. The Kier molecular flexibility index (Phi) is 4.25. The number of benzene rings is 1. The summed E-state index contributed by atoms with van der Waals surface area (Å²) in [6.07, 6.45) is 4.07. The van der Waals surface area contributed by atoms with Crippen molar-refractivity contribution in [2.75, 3.05) is 0 Å². The summed E-state index contributed by atoms with van der Waals surface area (Å²) in [5, 5.41) is 5.01. The van der Waals surface area contributed by atoms with Crippen LogP contribution in [0.4, 0.5) is 0 Å². The number of fused-ring (bicyclic) bond motifs is 1. The maximum absolute atomic E-state index is 4.57. The second-order valence-electron chi connectivity index (χ2n) is 6.73. The van der Waals surface area contributed by atoms with Crippen LogP contribution in [0.3, 0.4) is 0 Å². The lowest BCUT2D eigenvalue weighted by atomic mass is 9.78. The van der Waals surface area contributed by atoms with E-state index in [2.05, 4.69) is 54.5 Å². The van der Waals surface area contributed by atoms with E-state index in [1.807, 2.05) is 6.92 Å². The predicted molar refractivity (Wildman–Crippen MR) is 89.3 cm³/mol. The van der Waals surface area contributed by atoms with Gasteiger partial charge in [0.1, 0.15) is 0 Å². The second-order valence-corrected chi connectivity index (χ2v) is 6.73. The molecule has 3 unspecified atom stereocenters. The fraction of sp³-hybridized carbons (Fsp3) is 0.526. The molecule has 0 amide bonds. The summed E-state index contributed by atoms with van der Waals surface area (Å²) in [5.74, 6) is 1.63. The average molecular weight is 282 g/mol. The first-order valence-electron chi connectivity index (χ1n) is 8.23. The molecule has 21 heavy (non-hydrogen) atoms. The highest BCUT2D eigenvalue weighted by Crippen LogP contribution is 2.29. The van der Waals surface area contributed by atoms with E-state index < -0.39 is 0 Å². The zero-order valence-electron chi connectivity index (χ0n) is 13.4. The number of aryl methyl sites for hydroxylation is 1. The monoisotopic (exact) mass is 282 g/mol. The van der Waals surface area contributed by atoms with Gasteiger partial charge in [-0.05, 0) is 48.9 Å². The molecule has 0 saturated heterocycles. The van der Waals surface area contributed by atoms with Gasteiger partial charge in [0.05, 0.1) is 5.52 Å². The van der Waals surface area contributed by atoms with Crippen LogP contribution in [0.15, 0.2) is 30.3 Å². The first kappa shape index (κ1) is 14.5. The molecule has 1 saturated carbocycles. The van der Waals surface area contributed by atoms with Crippen LogP contribution in [0.2, 0.25) is 0 Å². The Morgan fingerprint density at radius 2 is 2.00 bits per heavy atom. The van der Waals surface area contributed by atoms with Crippen molar-refractivity contribution in [2.45, 2.75) is 52.6 Å². The van der Waals surface area contributed by atoms with E-state index in [-0.39, 0.29) is 0 Å². The number of aromatic nitrogens is 1. The summed E-state index contributed by atoms with van der Waals surface area (Å²) in [6, 6.07) is 11.5. The Morgan fingerprint density at radius 1 is 1.14 bits per heavy atom. The number of nitrogens with zero attached hydrogens (tertiary/aromatic N) is 1. The van der Waals surface area contributed by atoms with Crippen LogP contribution in [0.1, 0.15) is 44.4 Å². The van der Waals surface area contributed by atoms with Gasteiger partial charge in [-0.1, -0.05) is 38.8 Å². The van der Waals surface area contributed by atoms with E-state index in [1.54, 1.807) is 0 Å². The molecule has 1 N–H and O–H groups in total. The SMILES string of the molecule is Cc1ccc2cc(CNC3CCCC(C)C3C)ccc2n1. The summed E-state index contributed by atoms with van der Waals surface area (Å²) < 4.78 is 0. The average Bonchev–Trinajstić information content (AvgIpc) is 2.49. The fourth-order valence-corrected chi connectivity index (χ4v) is 3.51. The van der Waals surface area contributed by atoms with Crippen molar-refractivity contribution in [3.8, 4) is 0 Å². The van der Waals surface area contributed by atoms with Crippen molar-refractivity contribution in [1.82, 2.24) is 10.3 Å². The molecule has 1 heterocycles. The zero-order valence-corrected chi connectivity index (χ0v) is 13.4. The van der Waals surface area contributed by atoms with Crippen LogP contribution < -0.4 is 5.32 Å². The topological polar surface area (TPSA) is 24.9 Å². The lowest BCUT2D eigenvalue weighted by molar-refractivity contribution is 0.206. The molecule has 0 aliphatic heterocycles. The number of pyridine rings is 1. The highest BCUT2D eigenvalue weighted by molar-refractivity contribution is 5.79. The largest absolute Gasteiger partial charge is 0.310 e. The number of hydrogen-bond acceptors (Lipinski definition) is 2. The van der Waals surface area contributed by atoms with Gasteiger partial charge in [-0.25, -0.2) is 0 Å². The molecule has 1 aliphatic carbocycles. The van der Waals surface area contributed by atoms with Gasteiger partial charge in [-0.3, -0.25) is 4.98 Å². The number of nitrogens with one attached hydrogen (secondary N) is 1. The van der Waals surface area contributed by atoms with Crippen molar-refractivity contribution in [1.29, 1.82) is 0 Å². The third-order valence-corrected chi connectivity index (χ3v) is 5.17. The summed E-state index contributed by atoms with van der Waals surface area (Å²) in [4.78, 5) is 4.57. The molecule has 1 aromatic heterocycles.